The fraction of sp³-hybridized carbons (Fsp3) is 0. The molecule has 4 N–H and O–H groups in total. The summed E-state index contributed by atoms with van der Waals surface area (Å²) in [5.41, 5.74) is -1.34. The number of hydrogen-bond acceptors (Lipinski definition) is 6. The van der Waals surface area contributed by atoms with Crippen LogP contribution in [0, 0.1) is 0 Å². The van der Waals surface area contributed by atoms with E-state index in [4.69, 9.17) is 9.52 Å². The molecule has 0 spiro atoms. The molecule has 1 aromatic heterocycles. The average Bonchev–Trinajstić information content (AvgIpc) is 2.43. The van der Waals surface area contributed by atoms with Crippen LogP contribution in [-0.4, -0.2) is 26.4 Å². The summed E-state index contributed by atoms with van der Waals surface area (Å²) < 4.78 is 4.94. The Morgan fingerprint density at radius 3 is 2.38 bits per heavy atom. The second kappa shape index (κ2) is 4.14. The van der Waals surface area contributed by atoms with Crippen molar-refractivity contribution in [2.75, 3.05) is 0 Å². The third kappa shape index (κ3) is 1.75. The van der Waals surface area contributed by atoms with Crippen molar-refractivity contribution >= 4 is 27.7 Å². The highest BCUT2D eigenvalue weighted by Gasteiger charge is 2.18. The van der Waals surface area contributed by atoms with Gasteiger partial charge >= 0.3 is 11.6 Å². The number of fused-ring (bicyclic) bond motifs is 3. The molecule has 0 saturated heterocycles. The lowest BCUT2D eigenvalue weighted by atomic mass is 10.0. The molecule has 2 aromatic carbocycles. The summed E-state index contributed by atoms with van der Waals surface area (Å²) in [7, 11) is 0. The summed E-state index contributed by atoms with van der Waals surface area (Å²) in [6.07, 6.45) is 0. The number of phenolic OH excluding ortho intramolecular Hbond substituents is 3. The van der Waals surface area contributed by atoms with Crippen LogP contribution in [0.1, 0.15) is 10.4 Å². The van der Waals surface area contributed by atoms with Gasteiger partial charge in [0.1, 0.15) is 0 Å². The van der Waals surface area contributed by atoms with Gasteiger partial charge in [0.2, 0.25) is 0 Å². The Morgan fingerprint density at radius 1 is 1.00 bits per heavy atom. The zero-order valence-corrected chi connectivity index (χ0v) is 10.3. The van der Waals surface area contributed by atoms with E-state index >= 15 is 0 Å². The van der Waals surface area contributed by atoms with Crippen molar-refractivity contribution in [1.82, 2.24) is 0 Å². The van der Waals surface area contributed by atoms with Gasteiger partial charge in [0.05, 0.1) is 10.9 Å². The van der Waals surface area contributed by atoms with E-state index in [9.17, 15) is 24.9 Å². The molecule has 7 nitrogen and oxygen atoms in total. The average molecular weight is 288 g/mol. The van der Waals surface area contributed by atoms with Gasteiger partial charge in [0, 0.05) is 10.8 Å². The first-order valence-electron chi connectivity index (χ1n) is 5.78. The molecule has 3 aromatic rings. The van der Waals surface area contributed by atoms with Gasteiger partial charge in [0.15, 0.2) is 22.8 Å². The van der Waals surface area contributed by atoms with Crippen LogP contribution < -0.4 is 5.63 Å². The van der Waals surface area contributed by atoms with E-state index in [-0.39, 0.29) is 27.3 Å². The second-order valence-corrected chi connectivity index (χ2v) is 4.42. The number of rotatable bonds is 1. The zero-order valence-electron chi connectivity index (χ0n) is 10.3. The molecule has 3 rings (SSSR count). The summed E-state index contributed by atoms with van der Waals surface area (Å²) in [4.78, 5) is 22.9. The van der Waals surface area contributed by atoms with Gasteiger partial charge in [-0.1, -0.05) is 0 Å². The minimum absolute atomic E-state index is 0.00963. The molecule has 0 unspecified atom stereocenters. The van der Waals surface area contributed by atoms with Gasteiger partial charge in [-0.3, -0.25) is 0 Å². The molecule has 0 atom stereocenters. The van der Waals surface area contributed by atoms with Crippen LogP contribution in [0.15, 0.2) is 33.5 Å². The van der Waals surface area contributed by atoms with Crippen molar-refractivity contribution in [3.05, 3.63) is 40.2 Å². The highest BCUT2D eigenvalue weighted by Crippen LogP contribution is 2.39. The van der Waals surface area contributed by atoms with E-state index in [0.717, 1.165) is 18.2 Å². The second-order valence-electron chi connectivity index (χ2n) is 4.42. The van der Waals surface area contributed by atoms with E-state index in [1.165, 1.54) is 6.07 Å². The van der Waals surface area contributed by atoms with Crippen LogP contribution in [0.3, 0.4) is 0 Å². The summed E-state index contributed by atoms with van der Waals surface area (Å²) in [6, 6.07) is 4.42. The molecule has 1 heterocycles. The smallest absolute Gasteiger partial charge is 0.344 e. The number of phenols is 3. The molecule has 0 amide bonds. The van der Waals surface area contributed by atoms with Gasteiger partial charge in [-0.25, -0.2) is 9.59 Å². The van der Waals surface area contributed by atoms with Crippen LogP contribution in [0.4, 0.5) is 0 Å². The Labute approximate surface area is 115 Å². The standard InChI is InChI=1S/C14H8O7/c15-8-2-1-6-10(11(8)17)7-3-5(13(18)19)4-9(16)12(7)21-14(6)20/h1-4,15-17H,(H,18,19). The molecule has 0 fully saturated rings. The van der Waals surface area contributed by atoms with Crippen LogP contribution in [0.2, 0.25) is 0 Å². The molecule has 0 bridgehead atoms. The van der Waals surface area contributed by atoms with E-state index in [1.54, 1.807) is 0 Å². The number of carboxylic acids is 1. The molecule has 0 aliphatic rings. The molecular formula is C14H8O7. The van der Waals surface area contributed by atoms with Gasteiger partial charge in [-0.2, -0.15) is 0 Å². The Bertz CT molecular complexity index is 969. The number of carboxylic acid groups (broad SMARTS) is 1. The summed E-state index contributed by atoms with van der Waals surface area (Å²) in [6.45, 7) is 0. The molecule has 7 heteroatoms. The maximum atomic E-state index is 11.8. The minimum atomic E-state index is -1.30. The molecule has 0 radical (unpaired) electrons. The SMILES string of the molecule is O=C(O)c1cc(O)c2oc(=O)c3ccc(O)c(O)c3c2c1. The van der Waals surface area contributed by atoms with Crippen LogP contribution in [0.5, 0.6) is 17.2 Å². The summed E-state index contributed by atoms with van der Waals surface area (Å²) in [5.74, 6) is -2.92. The normalized spacial score (nSPS) is 11.0. The first-order valence-corrected chi connectivity index (χ1v) is 5.78. The van der Waals surface area contributed by atoms with Gasteiger partial charge in [-0.05, 0) is 24.3 Å². The maximum absolute atomic E-state index is 11.8. The van der Waals surface area contributed by atoms with E-state index in [0.29, 0.717) is 0 Å². The number of hydrogen-bond donors (Lipinski definition) is 4. The van der Waals surface area contributed by atoms with Crippen molar-refractivity contribution in [3.8, 4) is 17.2 Å². The Morgan fingerprint density at radius 2 is 1.71 bits per heavy atom. The van der Waals surface area contributed by atoms with Crippen molar-refractivity contribution < 1.29 is 29.6 Å². The lowest BCUT2D eigenvalue weighted by molar-refractivity contribution is 0.0696. The quantitative estimate of drug-likeness (QED) is 0.305. The van der Waals surface area contributed by atoms with E-state index < -0.39 is 28.8 Å². The molecule has 106 valence electrons. The predicted octanol–water partition coefficient (Wildman–Crippen LogP) is 1.76. The monoisotopic (exact) mass is 288 g/mol. The Hall–Kier alpha value is -3.22. The van der Waals surface area contributed by atoms with Gasteiger partial charge in [-0.15, -0.1) is 0 Å². The van der Waals surface area contributed by atoms with Crippen LogP contribution >= 0.6 is 0 Å². The highest BCUT2D eigenvalue weighted by atomic mass is 16.4. The summed E-state index contributed by atoms with van der Waals surface area (Å²) >= 11 is 0. The number of aromatic carboxylic acids is 1. The van der Waals surface area contributed by atoms with E-state index in [2.05, 4.69) is 0 Å². The largest absolute Gasteiger partial charge is 0.504 e. The van der Waals surface area contributed by atoms with Crippen molar-refractivity contribution in [2.45, 2.75) is 0 Å². The molecule has 0 aliphatic carbocycles. The van der Waals surface area contributed by atoms with E-state index in [1.807, 2.05) is 0 Å². The third-order valence-electron chi connectivity index (χ3n) is 3.16. The lowest BCUT2D eigenvalue weighted by Gasteiger charge is -2.08. The van der Waals surface area contributed by atoms with Crippen molar-refractivity contribution in [2.24, 2.45) is 0 Å². The number of benzene rings is 2. The minimum Gasteiger partial charge on any atom is -0.504 e. The van der Waals surface area contributed by atoms with Gasteiger partial charge in [0.25, 0.3) is 0 Å². The van der Waals surface area contributed by atoms with Crippen LogP contribution in [0.25, 0.3) is 21.7 Å². The van der Waals surface area contributed by atoms with Crippen molar-refractivity contribution in [3.63, 3.8) is 0 Å². The molecule has 0 aliphatic heterocycles. The molecular weight excluding hydrogens is 280 g/mol. The fourth-order valence-corrected chi connectivity index (χ4v) is 2.20. The molecule has 21 heavy (non-hydrogen) atoms. The fourth-order valence-electron chi connectivity index (χ4n) is 2.20. The lowest BCUT2D eigenvalue weighted by Crippen LogP contribution is -2.02. The van der Waals surface area contributed by atoms with Gasteiger partial charge < -0.3 is 24.8 Å². The third-order valence-corrected chi connectivity index (χ3v) is 3.16. The summed E-state index contributed by atoms with van der Waals surface area (Å²) in [5, 5.41) is 38.2. The maximum Gasteiger partial charge on any atom is 0.344 e. The topological polar surface area (TPSA) is 128 Å². The highest BCUT2D eigenvalue weighted by molar-refractivity contribution is 6.11. The first-order chi connectivity index (χ1) is 9.90. The first kappa shape index (κ1) is 12.8. The number of carbonyl (C=O) groups is 1. The molecule has 0 saturated carbocycles. The van der Waals surface area contributed by atoms with Crippen molar-refractivity contribution in [1.29, 1.82) is 0 Å². The predicted molar refractivity (Wildman–Crippen MR) is 71.9 cm³/mol. The number of aromatic hydroxyl groups is 3. The Balaban J connectivity index is 2.66. The van der Waals surface area contributed by atoms with Crippen LogP contribution in [-0.2, 0) is 0 Å². The Kier molecular flexibility index (Phi) is 2.52. The zero-order chi connectivity index (χ0) is 15.3.